The van der Waals surface area contributed by atoms with E-state index in [1.165, 1.54) is 12.1 Å². The molecule has 0 heterocycles. The predicted octanol–water partition coefficient (Wildman–Crippen LogP) is 4.35. The Bertz CT molecular complexity index is 593. The number of halogens is 1. The van der Waals surface area contributed by atoms with Gasteiger partial charge in [-0.25, -0.2) is 4.39 Å². The lowest BCUT2D eigenvalue weighted by Gasteiger charge is -2.16. The zero-order valence-electron chi connectivity index (χ0n) is 12.2. The molecule has 0 fully saturated rings. The molecule has 0 aliphatic carbocycles. The van der Waals surface area contributed by atoms with Gasteiger partial charge in [0, 0.05) is 23.8 Å². The molecule has 21 heavy (non-hydrogen) atoms. The summed E-state index contributed by atoms with van der Waals surface area (Å²) in [7, 11) is 0. The first-order valence-electron chi connectivity index (χ1n) is 7.00. The van der Waals surface area contributed by atoms with Crippen LogP contribution < -0.4 is 10.6 Å². The highest BCUT2D eigenvalue weighted by atomic mass is 19.1. The Morgan fingerprint density at radius 1 is 1.05 bits per heavy atom. The molecule has 0 bridgehead atoms. The van der Waals surface area contributed by atoms with Gasteiger partial charge in [-0.15, -0.1) is 0 Å². The highest BCUT2D eigenvalue weighted by Gasteiger charge is 2.05. The highest BCUT2D eigenvalue weighted by molar-refractivity contribution is 5.90. The van der Waals surface area contributed by atoms with Gasteiger partial charge in [0.1, 0.15) is 5.82 Å². The van der Waals surface area contributed by atoms with E-state index in [0.717, 1.165) is 16.9 Å². The molecule has 1 amide bonds. The molecular weight excluding hydrogens is 267 g/mol. The molecule has 4 heteroatoms. The minimum Gasteiger partial charge on any atom is -0.379 e. The number of rotatable bonds is 5. The first-order chi connectivity index (χ1) is 10.1. The Kier molecular flexibility index (Phi) is 4.93. The van der Waals surface area contributed by atoms with E-state index in [-0.39, 0.29) is 17.8 Å². The molecule has 3 nitrogen and oxygen atoms in total. The number of hydrogen-bond donors (Lipinski definition) is 2. The summed E-state index contributed by atoms with van der Waals surface area (Å²) in [6.45, 7) is 3.83. The first-order valence-corrected chi connectivity index (χ1v) is 7.00. The van der Waals surface area contributed by atoms with Crippen LogP contribution in [0.5, 0.6) is 0 Å². The topological polar surface area (TPSA) is 41.1 Å². The van der Waals surface area contributed by atoms with E-state index >= 15 is 0 Å². The third-order valence-electron chi connectivity index (χ3n) is 3.24. The van der Waals surface area contributed by atoms with Gasteiger partial charge in [0.15, 0.2) is 0 Å². The van der Waals surface area contributed by atoms with Crippen LogP contribution in [0, 0.1) is 5.82 Å². The van der Waals surface area contributed by atoms with Crippen molar-refractivity contribution in [2.24, 2.45) is 0 Å². The van der Waals surface area contributed by atoms with Gasteiger partial charge in [-0.05, 0) is 48.9 Å². The summed E-state index contributed by atoms with van der Waals surface area (Å²) in [6, 6.07) is 14.0. The Labute approximate surface area is 124 Å². The van der Waals surface area contributed by atoms with E-state index in [0.29, 0.717) is 6.42 Å². The molecule has 0 radical (unpaired) electrons. The van der Waals surface area contributed by atoms with Crippen molar-refractivity contribution in [3.05, 3.63) is 59.9 Å². The minimum absolute atomic E-state index is 0.00427. The lowest BCUT2D eigenvalue weighted by molar-refractivity contribution is -0.115. The smallest absolute Gasteiger partial charge is 0.224 e. The Balaban J connectivity index is 1.99. The average Bonchev–Trinajstić information content (AvgIpc) is 2.49. The van der Waals surface area contributed by atoms with Crippen molar-refractivity contribution in [2.45, 2.75) is 26.3 Å². The number of hydrogen-bond acceptors (Lipinski definition) is 2. The molecule has 0 aromatic heterocycles. The van der Waals surface area contributed by atoms with Gasteiger partial charge in [-0.1, -0.05) is 19.1 Å². The zero-order valence-corrected chi connectivity index (χ0v) is 12.2. The van der Waals surface area contributed by atoms with Crippen LogP contribution in [0.2, 0.25) is 0 Å². The van der Waals surface area contributed by atoms with Crippen LogP contribution in [0.15, 0.2) is 48.5 Å². The molecule has 1 unspecified atom stereocenters. The molecule has 2 aromatic rings. The number of amides is 1. The SMILES string of the molecule is CCC(=O)Nc1ccc(NC(C)c2ccc(F)cc2)cc1. The summed E-state index contributed by atoms with van der Waals surface area (Å²) < 4.78 is 12.9. The maximum Gasteiger partial charge on any atom is 0.224 e. The Morgan fingerprint density at radius 3 is 2.19 bits per heavy atom. The van der Waals surface area contributed by atoms with E-state index < -0.39 is 0 Å². The van der Waals surface area contributed by atoms with Crippen LogP contribution in [0.1, 0.15) is 31.9 Å². The summed E-state index contributed by atoms with van der Waals surface area (Å²) in [4.78, 5) is 11.3. The molecule has 0 saturated heterocycles. The van der Waals surface area contributed by atoms with E-state index in [4.69, 9.17) is 0 Å². The quantitative estimate of drug-likeness (QED) is 0.858. The summed E-state index contributed by atoms with van der Waals surface area (Å²) in [5.41, 5.74) is 2.74. The fraction of sp³-hybridized carbons (Fsp3) is 0.235. The third-order valence-corrected chi connectivity index (χ3v) is 3.24. The Hall–Kier alpha value is -2.36. The van der Waals surface area contributed by atoms with Crippen molar-refractivity contribution in [1.29, 1.82) is 0 Å². The maximum absolute atomic E-state index is 12.9. The molecule has 2 aromatic carbocycles. The van der Waals surface area contributed by atoms with E-state index in [9.17, 15) is 9.18 Å². The number of carbonyl (C=O) groups is 1. The number of benzene rings is 2. The summed E-state index contributed by atoms with van der Waals surface area (Å²) in [5, 5.41) is 6.14. The van der Waals surface area contributed by atoms with E-state index in [1.807, 2.05) is 38.1 Å². The number of anilines is 2. The van der Waals surface area contributed by atoms with Crippen LogP contribution in [0.3, 0.4) is 0 Å². The molecule has 1 atom stereocenters. The average molecular weight is 286 g/mol. The third kappa shape index (κ3) is 4.31. The molecular formula is C17H19FN2O. The van der Waals surface area contributed by atoms with Gasteiger partial charge < -0.3 is 10.6 Å². The van der Waals surface area contributed by atoms with Crippen LogP contribution >= 0.6 is 0 Å². The van der Waals surface area contributed by atoms with Crippen molar-refractivity contribution in [3.63, 3.8) is 0 Å². The molecule has 2 N–H and O–H groups in total. The molecule has 0 saturated carbocycles. The van der Waals surface area contributed by atoms with Gasteiger partial charge in [0.25, 0.3) is 0 Å². The fourth-order valence-corrected chi connectivity index (χ4v) is 1.98. The van der Waals surface area contributed by atoms with Crippen molar-refractivity contribution < 1.29 is 9.18 Å². The fourth-order valence-electron chi connectivity index (χ4n) is 1.98. The van der Waals surface area contributed by atoms with Gasteiger partial charge in [-0.3, -0.25) is 4.79 Å². The second-order valence-corrected chi connectivity index (χ2v) is 4.90. The molecule has 110 valence electrons. The lowest BCUT2D eigenvalue weighted by Crippen LogP contribution is -2.10. The van der Waals surface area contributed by atoms with Crippen molar-refractivity contribution in [1.82, 2.24) is 0 Å². The second-order valence-electron chi connectivity index (χ2n) is 4.90. The normalized spacial score (nSPS) is 11.8. The summed E-state index contributed by atoms with van der Waals surface area (Å²) in [6.07, 6.45) is 0.460. The minimum atomic E-state index is -0.234. The van der Waals surface area contributed by atoms with Crippen LogP contribution in [0.4, 0.5) is 15.8 Å². The molecule has 2 rings (SSSR count). The van der Waals surface area contributed by atoms with E-state index in [2.05, 4.69) is 10.6 Å². The van der Waals surface area contributed by atoms with Crippen LogP contribution in [-0.2, 0) is 4.79 Å². The first kappa shape index (κ1) is 15.0. The standard InChI is InChI=1S/C17H19FN2O/c1-3-17(21)20-16-10-8-15(9-11-16)19-12(2)13-4-6-14(18)7-5-13/h4-12,19H,3H2,1-2H3,(H,20,21). The van der Waals surface area contributed by atoms with Crippen LogP contribution in [0.25, 0.3) is 0 Å². The molecule has 0 spiro atoms. The monoisotopic (exact) mass is 286 g/mol. The maximum atomic E-state index is 12.9. The molecule has 0 aliphatic rings. The van der Waals surface area contributed by atoms with Gasteiger partial charge >= 0.3 is 0 Å². The Morgan fingerprint density at radius 2 is 1.62 bits per heavy atom. The lowest BCUT2D eigenvalue weighted by atomic mass is 10.1. The van der Waals surface area contributed by atoms with E-state index in [1.54, 1.807) is 12.1 Å². The second kappa shape index (κ2) is 6.88. The summed E-state index contributed by atoms with van der Waals surface area (Å²) >= 11 is 0. The van der Waals surface area contributed by atoms with Gasteiger partial charge in [-0.2, -0.15) is 0 Å². The summed E-state index contributed by atoms with van der Waals surface area (Å²) in [5.74, 6) is -0.239. The van der Waals surface area contributed by atoms with Crippen molar-refractivity contribution in [2.75, 3.05) is 10.6 Å². The van der Waals surface area contributed by atoms with Crippen LogP contribution in [-0.4, -0.2) is 5.91 Å². The predicted molar refractivity (Wildman–Crippen MR) is 83.8 cm³/mol. The number of carbonyl (C=O) groups excluding carboxylic acids is 1. The molecule has 0 aliphatic heterocycles. The van der Waals surface area contributed by atoms with Gasteiger partial charge in [0.05, 0.1) is 0 Å². The largest absolute Gasteiger partial charge is 0.379 e. The van der Waals surface area contributed by atoms with Gasteiger partial charge in [0.2, 0.25) is 5.91 Å². The highest BCUT2D eigenvalue weighted by Crippen LogP contribution is 2.21. The number of nitrogens with one attached hydrogen (secondary N) is 2. The van der Waals surface area contributed by atoms with Crippen molar-refractivity contribution in [3.8, 4) is 0 Å². The zero-order chi connectivity index (χ0) is 15.2. The van der Waals surface area contributed by atoms with Crippen molar-refractivity contribution >= 4 is 17.3 Å².